The lowest BCUT2D eigenvalue weighted by atomic mass is 10.1. The van der Waals surface area contributed by atoms with Gasteiger partial charge in [0, 0.05) is 28.2 Å². The van der Waals surface area contributed by atoms with Gasteiger partial charge in [0.05, 0.1) is 17.2 Å². The lowest BCUT2D eigenvalue weighted by Gasteiger charge is -2.34. The molecule has 11 heteroatoms. The maximum absolute atomic E-state index is 14.2. The van der Waals surface area contributed by atoms with Gasteiger partial charge in [0.1, 0.15) is 18.3 Å². The van der Waals surface area contributed by atoms with E-state index < -0.39 is 28.5 Å². The van der Waals surface area contributed by atoms with Gasteiger partial charge in [-0.1, -0.05) is 60.8 Å². The SMILES string of the molecule is CCOc1ccc(N(CC(=O)N(Cc2c(Cl)cccc2Cl)[C@@H](CC)C(=O)N[C@H](C)CC)S(=O)(=O)c2ccc(C)cc2)cc1. The van der Waals surface area contributed by atoms with Crippen LogP contribution in [0.1, 0.15) is 51.7 Å². The molecule has 0 bridgehead atoms. The van der Waals surface area contributed by atoms with Crippen molar-refractivity contribution < 1.29 is 22.7 Å². The van der Waals surface area contributed by atoms with E-state index in [4.69, 9.17) is 27.9 Å². The lowest BCUT2D eigenvalue weighted by Crippen LogP contribution is -2.53. The van der Waals surface area contributed by atoms with E-state index in [-0.39, 0.29) is 35.5 Å². The van der Waals surface area contributed by atoms with Crippen molar-refractivity contribution >= 4 is 50.7 Å². The Labute approximate surface area is 265 Å². The van der Waals surface area contributed by atoms with Gasteiger partial charge < -0.3 is 15.0 Å². The smallest absolute Gasteiger partial charge is 0.264 e. The normalized spacial score (nSPS) is 12.7. The van der Waals surface area contributed by atoms with Crippen molar-refractivity contribution in [3.8, 4) is 5.75 Å². The number of sulfonamides is 1. The predicted molar refractivity (Wildman–Crippen MR) is 172 cm³/mol. The average molecular weight is 649 g/mol. The third-order valence-corrected chi connectivity index (χ3v) is 9.60. The minimum absolute atomic E-state index is 0.0297. The summed E-state index contributed by atoms with van der Waals surface area (Å²) >= 11 is 13.0. The van der Waals surface area contributed by atoms with Crippen LogP contribution in [0.15, 0.2) is 71.6 Å². The molecule has 2 atom stereocenters. The molecule has 43 heavy (non-hydrogen) atoms. The quantitative estimate of drug-likeness (QED) is 0.212. The van der Waals surface area contributed by atoms with Crippen LogP contribution in [-0.4, -0.2) is 50.4 Å². The van der Waals surface area contributed by atoms with E-state index in [1.165, 1.54) is 17.0 Å². The molecule has 0 radical (unpaired) electrons. The molecule has 0 aliphatic heterocycles. The third-order valence-electron chi connectivity index (χ3n) is 7.10. The molecular weight excluding hydrogens is 609 g/mol. The second-order valence-corrected chi connectivity index (χ2v) is 12.9. The Balaban J connectivity index is 2.10. The van der Waals surface area contributed by atoms with Gasteiger partial charge in [-0.05, 0) is 82.1 Å². The van der Waals surface area contributed by atoms with Crippen LogP contribution >= 0.6 is 23.2 Å². The number of amides is 2. The van der Waals surface area contributed by atoms with E-state index in [1.54, 1.807) is 61.5 Å². The number of nitrogens with one attached hydrogen (secondary N) is 1. The zero-order valence-corrected chi connectivity index (χ0v) is 27.5. The number of nitrogens with zero attached hydrogens (tertiary/aromatic N) is 2. The van der Waals surface area contributed by atoms with Gasteiger partial charge in [-0.2, -0.15) is 0 Å². The van der Waals surface area contributed by atoms with Gasteiger partial charge in [-0.3, -0.25) is 13.9 Å². The van der Waals surface area contributed by atoms with Gasteiger partial charge in [0.25, 0.3) is 10.0 Å². The highest BCUT2D eigenvalue weighted by atomic mass is 35.5. The van der Waals surface area contributed by atoms with Gasteiger partial charge >= 0.3 is 0 Å². The number of rotatable bonds is 14. The molecule has 2 amide bonds. The molecule has 1 N–H and O–H groups in total. The number of hydrogen-bond donors (Lipinski definition) is 1. The van der Waals surface area contributed by atoms with Crippen LogP contribution in [0, 0.1) is 6.92 Å². The van der Waals surface area contributed by atoms with Crippen molar-refractivity contribution in [2.45, 2.75) is 71.0 Å². The summed E-state index contributed by atoms with van der Waals surface area (Å²) in [6.45, 7) is 9.11. The third kappa shape index (κ3) is 8.65. The monoisotopic (exact) mass is 647 g/mol. The maximum atomic E-state index is 14.2. The summed E-state index contributed by atoms with van der Waals surface area (Å²) in [6.07, 6.45) is 0.983. The van der Waals surface area contributed by atoms with Crippen molar-refractivity contribution in [2.24, 2.45) is 0 Å². The maximum Gasteiger partial charge on any atom is 0.264 e. The summed E-state index contributed by atoms with van der Waals surface area (Å²) in [7, 11) is -4.20. The van der Waals surface area contributed by atoms with Gasteiger partial charge in [-0.25, -0.2) is 8.42 Å². The number of carbonyl (C=O) groups excluding carboxylic acids is 2. The Bertz CT molecular complexity index is 1480. The van der Waals surface area contributed by atoms with Crippen molar-refractivity contribution in [3.63, 3.8) is 0 Å². The topological polar surface area (TPSA) is 96.0 Å². The van der Waals surface area contributed by atoms with Crippen LogP contribution in [0.3, 0.4) is 0 Å². The summed E-state index contributed by atoms with van der Waals surface area (Å²) in [5.41, 5.74) is 1.62. The fourth-order valence-corrected chi connectivity index (χ4v) is 6.39. The molecule has 0 spiro atoms. The fraction of sp³-hybridized carbons (Fsp3) is 0.375. The second kappa shape index (κ2) is 15.5. The molecule has 0 aromatic heterocycles. The van der Waals surface area contributed by atoms with Gasteiger partial charge in [-0.15, -0.1) is 0 Å². The number of ether oxygens (including phenoxy) is 1. The Hall–Kier alpha value is -3.27. The van der Waals surface area contributed by atoms with E-state index in [1.807, 2.05) is 27.7 Å². The number of hydrogen-bond acceptors (Lipinski definition) is 5. The van der Waals surface area contributed by atoms with Crippen molar-refractivity contribution in [2.75, 3.05) is 17.5 Å². The van der Waals surface area contributed by atoms with E-state index >= 15 is 0 Å². The number of anilines is 1. The predicted octanol–water partition coefficient (Wildman–Crippen LogP) is 6.62. The molecule has 0 aliphatic carbocycles. The van der Waals surface area contributed by atoms with E-state index in [0.717, 1.165) is 9.87 Å². The zero-order chi connectivity index (χ0) is 31.7. The van der Waals surface area contributed by atoms with Crippen LogP contribution in [-0.2, 0) is 26.2 Å². The van der Waals surface area contributed by atoms with Crippen LogP contribution in [0.4, 0.5) is 5.69 Å². The van der Waals surface area contributed by atoms with Crippen molar-refractivity contribution in [1.29, 1.82) is 0 Å². The highest BCUT2D eigenvalue weighted by Crippen LogP contribution is 2.29. The van der Waals surface area contributed by atoms with Crippen LogP contribution in [0.25, 0.3) is 0 Å². The summed E-state index contributed by atoms with van der Waals surface area (Å²) in [5.74, 6) is -0.373. The van der Waals surface area contributed by atoms with Gasteiger partial charge in [0.15, 0.2) is 0 Å². The van der Waals surface area contributed by atoms with E-state index in [9.17, 15) is 18.0 Å². The van der Waals surface area contributed by atoms with E-state index in [0.29, 0.717) is 34.4 Å². The van der Waals surface area contributed by atoms with Gasteiger partial charge in [0.2, 0.25) is 11.8 Å². The van der Waals surface area contributed by atoms with Crippen LogP contribution in [0.2, 0.25) is 10.0 Å². The number of carbonyl (C=O) groups is 2. The number of benzene rings is 3. The summed E-state index contributed by atoms with van der Waals surface area (Å²) in [5, 5.41) is 3.61. The second-order valence-electron chi connectivity index (χ2n) is 10.2. The minimum Gasteiger partial charge on any atom is -0.494 e. The highest BCUT2D eigenvalue weighted by Gasteiger charge is 2.34. The Morgan fingerprint density at radius 3 is 2.05 bits per heavy atom. The first-order chi connectivity index (χ1) is 20.4. The molecule has 0 heterocycles. The first kappa shape index (κ1) is 34.2. The molecular formula is C32H39Cl2N3O5S. The first-order valence-electron chi connectivity index (χ1n) is 14.3. The molecule has 3 rings (SSSR count). The molecule has 3 aromatic rings. The molecule has 0 aliphatic rings. The largest absolute Gasteiger partial charge is 0.494 e. The highest BCUT2D eigenvalue weighted by molar-refractivity contribution is 7.92. The molecule has 3 aromatic carbocycles. The Morgan fingerprint density at radius 2 is 1.51 bits per heavy atom. The summed E-state index contributed by atoms with van der Waals surface area (Å²) < 4.78 is 34.7. The number of halogens is 2. The average Bonchev–Trinajstić information content (AvgIpc) is 2.97. The first-order valence-corrected chi connectivity index (χ1v) is 16.5. The standard InChI is InChI=1S/C32H39Cl2N3O5S/c1-6-23(5)35-32(39)30(7-2)36(20-27-28(33)10-9-11-29(27)34)31(38)21-37(24-14-16-25(17-15-24)42-8-3)43(40,41)26-18-12-22(4)13-19-26/h9-19,23,30H,6-8,20-21H2,1-5H3,(H,35,39)/t23-,30+/m1/s1. The molecule has 0 saturated carbocycles. The zero-order valence-electron chi connectivity index (χ0n) is 25.1. The van der Waals surface area contributed by atoms with Crippen molar-refractivity contribution in [1.82, 2.24) is 10.2 Å². The molecule has 0 unspecified atom stereocenters. The molecule has 8 nitrogen and oxygen atoms in total. The molecule has 232 valence electrons. The van der Waals surface area contributed by atoms with E-state index in [2.05, 4.69) is 5.32 Å². The Morgan fingerprint density at radius 1 is 0.907 bits per heavy atom. The van der Waals surface area contributed by atoms with Crippen LogP contribution in [0.5, 0.6) is 5.75 Å². The molecule has 0 saturated heterocycles. The Kier molecular flexibility index (Phi) is 12.3. The lowest BCUT2D eigenvalue weighted by molar-refractivity contribution is -0.140. The van der Waals surface area contributed by atoms with Crippen LogP contribution < -0.4 is 14.4 Å². The fourth-order valence-electron chi connectivity index (χ4n) is 4.46. The molecule has 0 fully saturated rings. The number of aryl methyl sites for hydroxylation is 1. The van der Waals surface area contributed by atoms with Crippen molar-refractivity contribution in [3.05, 3.63) is 87.9 Å². The minimum atomic E-state index is -4.20. The summed E-state index contributed by atoms with van der Waals surface area (Å²) in [6, 6.07) is 16.9. The summed E-state index contributed by atoms with van der Waals surface area (Å²) in [4.78, 5) is 29.1.